The van der Waals surface area contributed by atoms with Gasteiger partial charge in [-0.15, -0.1) is 11.3 Å². The fourth-order valence-electron chi connectivity index (χ4n) is 3.21. The van der Waals surface area contributed by atoms with Crippen LogP contribution >= 0.6 is 11.3 Å². The molecule has 2 aromatic rings. The van der Waals surface area contributed by atoms with E-state index < -0.39 is 0 Å². The van der Waals surface area contributed by atoms with Crippen LogP contribution in [0, 0.1) is 6.92 Å². The van der Waals surface area contributed by atoms with Crippen molar-refractivity contribution in [3.8, 4) is 0 Å². The molecule has 0 bridgehead atoms. The fraction of sp³-hybridized carbons (Fsp3) is 0.500. The number of hydrogen-bond acceptors (Lipinski definition) is 5. The minimum atomic E-state index is 0.102. The molecule has 1 aliphatic heterocycles. The predicted octanol–water partition coefficient (Wildman–Crippen LogP) is 2.81. The number of nitrogens with zero attached hydrogens (tertiary/aromatic N) is 4. The van der Waals surface area contributed by atoms with Gasteiger partial charge in [-0.2, -0.15) is 0 Å². The average Bonchev–Trinajstić information content (AvgIpc) is 3.16. The largest absolute Gasteiger partial charge is 0.334 e. The summed E-state index contributed by atoms with van der Waals surface area (Å²) in [6.45, 7) is 3.66. The van der Waals surface area contributed by atoms with Crippen molar-refractivity contribution in [3.63, 3.8) is 0 Å². The Morgan fingerprint density at radius 2 is 2.25 bits per heavy atom. The van der Waals surface area contributed by atoms with Gasteiger partial charge in [-0.25, -0.2) is 4.98 Å². The molecular weight excluding hydrogens is 320 g/mol. The molecule has 0 spiro atoms. The standard InChI is InChI=1S/C18H24N4OS/c1-13-20-15(12-24-13)9-18(23)22-8-4-5-17(22)16-7-6-14(10-19-16)11-21(2)3/h6-7,10,12,17H,4-5,8-9,11H2,1-3H3/t17-/m1/s1. The van der Waals surface area contributed by atoms with Gasteiger partial charge in [-0.3, -0.25) is 9.78 Å². The molecule has 6 heteroatoms. The lowest BCUT2D eigenvalue weighted by Gasteiger charge is -2.24. The molecule has 1 fully saturated rings. The highest BCUT2D eigenvalue weighted by Crippen LogP contribution is 2.31. The van der Waals surface area contributed by atoms with Crippen molar-refractivity contribution in [1.82, 2.24) is 19.8 Å². The van der Waals surface area contributed by atoms with Crippen LogP contribution in [-0.2, 0) is 17.8 Å². The molecule has 0 unspecified atom stereocenters. The van der Waals surface area contributed by atoms with Crippen LogP contribution in [0.4, 0.5) is 0 Å². The summed E-state index contributed by atoms with van der Waals surface area (Å²) in [4.78, 5) is 25.8. The van der Waals surface area contributed by atoms with E-state index in [4.69, 9.17) is 0 Å². The van der Waals surface area contributed by atoms with E-state index in [0.29, 0.717) is 6.42 Å². The maximum absolute atomic E-state index is 12.7. The second kappa shape index (κ2) is 7.40. The highest BCUT2D eigenvalue weighted by Gasteiger charge is 2.31. The third-order valence-electron chi connectivity index (χ3n) is 4.26. The zero-order valence-corrected chi connectivity index (χ0v) is 15.3. The van der Waals surface area contributed by atoms with Crippen molar-refractivity contribution in [1.29, 1.82) is 0 Å². The number of amides is 1. The molecule has 1 aliphatic rings. The van der Waals surface area contributed by atoms with Crippen molar-refractivity contribution in [2.45, 2.75) is 38.8 Å². The van der Waals surface area contributed by atoms with Crippen LogP contribution in [0.1, 0.15) is 40.8 Å². The minimum Gasteiger partial charge on any atom is -0.334 e. The summed E-state index contributed by atoms with van der Waals surface area (Å²) in [5, 5.41) is 2.99. The topological polar surface area (TPSA) is 49.3 Å². The molecule has 3 heterocycles. The Morgan fingerprint density at radius 1 is 1.42 bits per heavy atom. The van der Waals surface area contributed by atoms with E-state index in [-0.39, 0.29) is 11.9 Å². The van der Waals surface area contributed by atoms with Gasteiger partial charge in [0.15, 0.2) is 0 Å². The molecule has 128 valence electrons. The Labute approximate surface area is 147 Å². The number of likely N-dealkylation sites (tertiary alicyclic amines) is 1. The van der Waals surface area contributed by atoms with Crippen LogP contribution in [0.2, 0.25) is 0 Å². The van der Waals surface area contributed by atoms with E-state index >= 15 is 0 Å². The lowest BCUT2D eigenvalue weighted by molar-refractivity contribution is -0.131. The van der Waals surface area contributed by atoms with Gasteiger partial charge in [0.2, 0.25) is 5.91 Å². The highest BCUT2D eigenvalue weighted by atomic mass is 32.1. The van der Waals surface area contributed by atoms with Gasteiger partial charge in [-0.05, 0) is 45.5 Å². The summed E-state index contributed by atoms with van der Waals surface area (Å²) in [6, 6.07) is 4.29. The average molecular weight is 344 g/mol. The van der Waals surface area contributed by atoms with Gasteiger partial charge in [0.1, 0.15) is 0 Å². The highest BCUT2D eigenvalue weighted by molar-refractivity contribution is 7.09. The van der Waals surface area contributed by atoms with Gasteiger partial charge in [-0.1, -0.05) is 6.07 Å². The van der Waals surface area contributed by atoms with Gasteiger partial charge >= 0.3 is 0 Å². The second-order valence-electron chi connectivity index (χ2n) is 6.61. The number of carbonyl (C=O) groups is 1. The first-order valence-electron chi connectivity index (χ1n) is 8.33. The first kappa shape index (κ1) is 17.0. The van der Waals surface area contributed by atoms with Crippen molar-refractivity contribution in [3.05, 3.63) is 45.7 Å². The summed E-state index contributed by atoms with van der Waals surface area (Å²) in [5.74, 6) is 0.155. The Kier molecular flexibility index (Phi) is 5.26. The van der Waals surface area contributed by atoms with Gasteiger partial charge in [0.25, 0.3) is 0 Å². The molecular formula is C18H24N4OS. The summed E-state index contributed by atoms with van der Waals surface area (Å²) < 4.78 is 0. The molecule has 0 aliphatic carbocycles. The molecule has 0 aromatic carbocycles. The lowest BCUT2D eigenvalue weighted by Crippen LogP contribution is -2.32. The summed E-state index contributed by atoms with van der Waals surface area (Å²) >= 11 is 1.59. The first-order valence-corrected chi connectivity index (χ1v) is 9.21. The molecule has 1 saturated heterocycles. The summed E-state index contributed by atoms with van der Waals surface area (Å²) in [7, 11) is 4.09. The van der Waals surface area contributed by atoms with Crippen LogP contribution in [0.15, 0.2) is 23.7 Å². The van der Waals surface area contributed by atoms with Gasteiger partial charge < -0.3 is 9.80 Å². The third kappa shape index (κ3) is 3.99. The Hall–Kier alpha value is -1.79. The Balaban J connectivity index is 1.69. The number of carbonyl (C=O) groups excluding carboxylic acids is 1. The zero-order valence-electron chi connectivity index (χ0n) is 14.5. The van der Waals surface area contributed by atoms with Crippen LogP contribution in [0.5, 0.6) is 0 Å². The monoisotopic (exact) mass is 344 g/mol. The third-order valence-corrected chi connectivity index (χ3v) is 5.08. The van der Waals surface area contributed by atoms with Crippen molar-refractivity contribution in [2.75, 3.05) is 20.6 Å². The molecule has 0 radical (unpaired) electrons. The molecule has 24 heavy (non-hydrogen) atoms. The number of pyridine rings is 1. The minimum absolute atomic E-state index is 0.102. The number of rotatable bonds is 5. The Morgan fingerprint density at radius 3 is 2.88 bits per heavy atom. The lowest BCUT2D eigenvalue weighted by atomic mass is 10.1. The van der Waals surface area contributed by atoms with Crippen molar-refractivity contribution >= 4 is 17.2 Å². The molecule has 1 amide bonds. The molecule has 2 aromatic heterocycles. The van der Waals surface area contributed by atoms with Crippen LogP contribution < -0.4 is 0 Å². The quantitative estimate of drug-likeness (QED) is 0.837. The molecule has 0 saturated carbocycles. The molecule has 1 atom stereocenters. The van der Waals surface area contributed by atoms with Crippen molar-refractivity contribution in [2.24, 2.45) is 0 Å². The maximum atomic E-state index is 12.7. The molecule has 5 nitrogen and oxygen atoms in total. The number of aromatic nitrogens is 2. The van der Waals surface area contributed by atoms with E-state index in [0.717, 1.165) is 42.3 Å². The van der Waals surface area contributed by atoms with Crippen LogP contribution in [-0.4, -0.2) is 46.3 Å². The number of aryl methyl sites for hydroxylation is 1. The normalized spacial score (nSPS) is 17.7. The predicted molar refractivity (Wildman–Crippen MR) is 95.9 cm³/mol. The van der Waals surface area contributed by atoms with E-state index in [1.54, 1.807) is 11.3 Å². The van der Waals surface area contributed by atoms with E-state index in [1.165, 1.54) is 5.56 Å². The van der Waals surface area contributed by atoms with E-state index in [1.807, 2.05) is 37.5 Å². The zero-order chi connectivity index (χ0) is 17.1. The van der Waals surface area contributed by atoms with Crippen LogP contribution in [0.25, 0.3) is 0 Å². The van der Waals surface area contributed by atoms with E-state index in [2.05, 4.69) is 27.0 Å². The molecule has 0 N–H and O–H groups in total. The summed E-state index contributed by atoms with van der Waals surface area (Å²) in [6.07, 6.45) is 4.34. The van der Waals surface area contributed by atoms with Crippen LogP contribution in [0.3, 0.4) is 0 Å². The Bertz CT molecular complexity index is 695. The summed E-state index contributed by atoms with van der Waals surface area (Å²) in [5.41, 5.74) is 3.07. The maximum Gasteiger partial charge on any atom is 0.229 e. The SMILES string of the molecule is Cc1nc(CC(=O)N2CCC[C@@H]2c2ccc(CN(C)C)cn2)cs1. The van der Waals surface area contributed by atoms with Gasteiger partial charge in [0.05, 0.1) is 28.9 Å². The second-order valence-corrected chi connectivity index (χ2v) is 7.67. The van der Waals surface area contributed by atoms with Crippen molar-refractivity contribution < 1.29 is 4.79 Å². The smallest absolute Gasteiger partial charge is 0.229 e. The first-order chi connectivity index (χ1) is 11.5. The van der Waals surface area contributed by atoms with E-state index in [9.17, 15) is 4.79 Å². The number of hydrogen-bond donors (Lipinski definition) is 0. The molecule has 3 rings (SSSR count). The van der Waals surface area contributed by atoms with Gasteiger partial charge in [0, 0.05) is 24.7 Å². The number of thiazole rings is 1. The fourth-order valence-corrected chi connectivity index (χ4v) is 3.82.